The Morgan fingerprint density at radius 1 is 1.28 bits per heavy atom. The van der Waals surface area contributed by atoms with E-state index in [1.165, 1.54) is 6.92 Å². The molecule has 2 aromatic heterocycles. The van der Waals surface area contributed by atoms with Crippen LogP contribution in [0.4, 0.5) is 13.2 Å². The van der Waals surface area contributed by atoms with Crippen LogP contribution in [0, 0.1) is 6.92 Å². The third kappa shape index (κ3) is 4.13. The highest BCUT2D eigenvalue weighted by atomic mass is 19.4. The van der Waals surface area contributed by atoms with Crippen LogP contribution in [-0.4, -0.2) is 47.9 Å². The molecule has 138 valence electrons. The van der Waals surface area contributed by atoms with E-state index in [4.69, 9.17) is 5.73 Å². The molecular formula is C13H19F3N8O. The SMILES string of the molecule is CCC(N)(CC)CNC(=O)c1nc(C)n(-c2n[nH]c(C(F)(F)F)n2)n1. The van der Waals surface area contributed by atoms with E-state index in [-0.39, 0.29) is 24.1 Å². The standard InChI is InChI=1S/C13H19F3N8O/c1-4-12(17,5-2)6-18-9(25)8-19-7(3)24(23-8)11-20-10(21-22-11)13(14,15)16/h4-6,17H2,1-3H3,(H,18,25)(H,20,21,22). The molecule has 0 spiro atoms. The van der Waals surface area contributed by atoms with Crippen LogP contribution in [0.25, 0.3) is 5.95 Å². The lowest BCUT2D eigenvalue weighted by Crippen LogP contribution is -2.49. The van der Waals surface area contributed by atoms with Crippen LogP contribution in [0.2, 0.25) is 0 Å². The molecule has 0 unspecified atom stereocenters. The molecule has 2 aromatic rings. The molecule has 25 heavy (non-hydrogen) atoms. The number of carbonyl (C=O) groups is 1. The number of H-pyrrole nitrogens is 1. The highest BCUT2D eigenvalue weighted by Gasteiger charge is 2.36. The van der Waals surface area contributed by atoms with Crippen molar-refractivity contribution in [3.63, 3.8) is 0 Å². The molecular weight excluding hydrogens is 341 g/mol. The van der Waals surface area contributed by atoms with Crippen LogP contribution < -0.4 is 11.1 Å². The van der Waals surface area contributed by atoms with E-state index < -0.39 is 23.4 Å². The molecule has 0 aliphatic heterocycles. The van der Waals surface area contributed by atoms with E-state index >= 15 is 0 Å². The molecule has 12 heteroatoms. The number of nitrogens with one attached hydrogen (secondary N) is 2. The van der Waals surface area contributed by atoms with Crippen LogP contribution >= 0.6 is 0 Å². The number of nitrogens with zero attached hydrogens (tertiary/aromatic N) is 5. The summed E-state index contributed by atoms with van der Waals surface area (Å²) in [6.07, 6.45) is -3.32. The molecule has 0 fully saturated rings. The van der Waals surface area contributed by atoms with Gasteiger partial charge in [-0.3, -0.25) is 9.89 Å². The van der Waals surface area contributed by atoms with Crippen LogP contribution in [0.1, 0.15) is 49.0 Å². The fourth-order valence-corrected chi connectivity index (χ4v) is 1.99. The van der Waals surface area contributed by atoms with Crippen molar-refractivity contribution in [1.29, 1.82) is 0 Å². The van der Waals surface area contributed by atoms with Crippen LogP contribution in [0.5, 0.6) is 0 Å². The molecule has 0 saturated carbocycles. The first-order valence-corrected chi connectivity index (χ1v) is 7.60. The lowest BCUT2D eigenvalue weighted by atomic mass is 9.94. The number of nitrogens with two attached hydrogens (primary N) is 1. The van der Waals surface area contributed by atoms with E-state index in [0.717, 1.165) is 4.68 Å². The summed E-state index contributed by atoms with van der Waals surface area (Å²) in [7, 11) is 0. The van der Waals surface area contributed by atoms with Gasteiger partial charge in [0.05, 0.1) is 0 Å². The molecule has 0 aromatic carbocycles. The van der Waals surface area contributed by atoms with Gasteiger partial charge in [0.25, 0.3) is 11.9 Å². The lowest BCUT2D eigenvalue weighted by Gasteiger charge is -2.26. The minimum absolute atomic E-state index is 0.169. The number of carbonyl (C=O) groups excluding carboxylic acids is 1. The van der Waals surface area contributed by atoms with Gasteiger partial charge in [0, 0.05) is 12.1 Å². The van der Waals surface area contributed by atoms with Gasteiger partial charge in [-0.05, 0) is 19.8 Å². The molecule has 9 nitrogen and oxygen atoms in total. The molecule has 0 saturated heterocycles. The van der Waals surface area contributed by atoms with Crippen molar-refractivity contribution < 1.29 is 18.0 Å². The van der Waals surface area contributed by atoms with E-state index in [1.54, 1.807) is 5.10 Å². The predicted octanol–water partition coefficient (Wildman–Crippen LogP) is 0.960. The largest absolute Gasteiger partial charge is 0.451 e. The summed E-state index contributed by atoms with van der Waals surface area (Å²) < 4.78 is 38.7. The molecule has 1 amide bonds. The van der Waals surface area contributed by atoms with Gasteiger partial charge >= 0.3 is 6.18 Å². The Morgan fingerprint density at radius 2 is 1.92 bits per heavy atom. The minimum Gasteiger partial charge on any atom is -0.347 e. The molecule has 2 heterocycles. The summed E-state index contributed by atoms with van der Waals surface area (Å²) in [5, 5.41) is 11.7. The molecule has 4 N–H and O–H groups in total. The first kappa shape index (κ1) is 18.8. The van der Waals surface area contributed by atoms with Gasteiger partial charge < -0.3 is 11.1 Å². The molecule has 0 aliphatic carbocycles. The van der Waals surface area contributed by atoms with Gasteiger partial charge in [0.2, 0.25) is 11.6 Å². The van der Waals surface area contributed by atoms with E-state index in [9.17, 15) is 18.0 Å². The molecule has 0 aliphatic rings. The maximum Gasteiger partial charge on any atom is 0.451 e. The summed E-state index contributed by atoms with van der Waals surface area (Å²) >= 11 is 0. The zero-order valence-corrected chi connectivity index (χ0v) is 14.0. The highest BCUT2D eigenvalue weighted by Crippen LogP contribution is 2.26. The second-order valence-corrected chi connectivity index (χ2v) is 5.63. The Balaban J connectivity index is 2.17. The normalized spacial score (nSPS) is 12.4. The van der Waals surface area contributed by atoms with Crippen LogP contribution in [0.15, 0.2) is 0 Å². The molecule has 0 atom stereocenters. The predicted molar refractivity (Wildman–Crippen MR) is 80.9 cm³/mol. The average molecular weight is 360 g/mol. The van der Waals surface area contributed by atoms with E-state index in [1.807, 2.05) is 13.8 Å². The highest BCUT2D eigenvalue weighted by molar-refractivity contribution is 5.90. The lowest BCUT2D eigenvalue weighted by molar-refractivity contribution is -0.144. The Hall–Kier alpha value is -2.50. The Kier molecular flexibility index (Phi) is 5.11. The van der Waals surface area contributed by atoms with Crippen LogP contribution in [-0.2, 0) is 6.18 Å². The average Bonchev–Trinajstić information content (AvgIpc) is 3.18. The number of alkyl halides is 3. The van der Waals surface area contributed by atoms with Crippen molar-refractivity contribution in [2.24, 2.45) is 5.73 Å². The van der Waals surface area contributed by atoms with Gasteiger partial charge in [-0.25, -0.2) is 4.98 Å². The van der Waals surface area contributed by atoms with Gasteiger partial charge in [0.15, 0.2) is 0 Å². The van der Waals surface area contributed by atoms with E-state index in [0.29, 0.717) is 12.8 Å². The van der Waals surface area contributed by atoms with Crippen molar-refractivity contribution in [2.75, 3.05) is 6.54 Å². The van der Waals surface area contributed by atoms with Gasteiger partial charge in [0.1, 0.15) is 5.82 Å². The van der Waals surface area contributed by atoms with Crippen molar-refractivity contribution in [1.82, 2.24) is 35.3 Å². The zero-order chi connectivity index (χ0) is 18.8. The zero-order valence-electron chi connectivity index (χ0n) is 14.0. The van der Waals surface area contributed by atoms with Crippen LogP contribution in [0.3, 0.4) is 0 Å². The molecule has 0 radical (unpaired) electrons. The number of hydrogen-bond acceptors (Lipinski definition) is 6. The van der Waals surface area contributed by atoms with Crippen molar-refractivity contribution in [2.45, 2.75) is 45.3 Å². The topological polar surface area (TPSA) is 127 Å². The fourth-order valence-electron chi connectivity index (χ4n) is 1.99. The number of halogens is 3. The first-order valence-electron chi connectivity index (χ1n) is 7.60. The summed E-state index contributed by atoms with van der Waals surface area (Å²) in [5.74, 6) is -2.23. The Bertz CT molecular complexity index is 747. The molecule has 0 bridgehead atoms. The number of amides is 1. The summed E-state index contributed by atoms with van der Waals surface area (Å²) in [5.41, 5.74) is 5.56. The van der Waals surface area contributed by atoms with Crippen molar-refractivity contribution >= 4 is 5.91 Å². The van der Waals surface area contributed by atoms with E-state index in [2.05, 4.69) is 25.5 Å². The second kappa shape index (κ2) is 6.78. The summed E-state index contributed by atoms with van der Waals surface area (Å²) in [4.78, 5) is 19.4. The Labute approximate surface area is 141 Å². The quantitative estimate of drug-likeness (QED) is 0.704. The first-order chi connectivity index (χ1) is 11.6. The number of hydrogen-bond donors (Lipinski definition) is 3. The maximum atomic E-state index is 12.6. The summed E-state index contributed by atoms with van der Waals surface area (Å²) in [6.45, 7) is 5.52. The third-order valence-electron chi connectivity index (χ3n) is 3.91. The van der Waals surface area contributed by atoms with Gasteiger partial charge in [-0.1, -0.05) is 13.8 Å². The van der Waals surface area contributed by atoms with Crippen molar-refractivity contribution in [3.05, 3.63) is 17.5 Å². The molecule has 2 rings (SSSR count). The van der Waals surface area contributed by atoms with Gasteiger partial charge in [-0.2, -0.15) is 22.8 Å². The smallest absolute Gasteiger partial charge is 0.347 e. The van der Waals surface area contributed by atoms with Crippen molar-refractivity contribution in [3.8, 4) is 5.95 Å². The summed E-state index contributed by atoms with van der Waals surface area (Å²) in [6, 6.07) is 0. The third-order valence-corrected chi connectivity index (χ3v) is 3.91. The number of rotatable bonds is 6. The fraction of sp³-hybridized carbons (Fsp3) is 0.615. The monoisotopic (exact) mass is 360 g/mol. The number of aryl methyl sites for hydroxylation is 1. The maximum absolute atomic E-state index is 12.6. The van der Waals surface area contributed by atoms with Gasteiger partial charge in [-0.15, -0.1) is 10.2 Å². The number of aromatic nitrogens is 6. The Morgan fingerprint density at radius 3 is 2.44 bits per heavy atom. The number of aromatic amines is 1. The second-order valence-electron chi connectivity index (χ2n) is 5.63. The minimum atomic E-state index is -4.66.